The van der Waals surface area contributed by atoms with Crippen molar-refractivity contribution in [2.75, 3.05) is 5.32 Å². The topological polar surface area (TPSA) is 116 Å². The van der Waals surface area contributed by atoms with E-state index in [0.717, 1.165) is 28.6 Å². The molecular formula is C26H26FN7O2. The number of anilines is 2. The number of rotatable bonds is 6. The molecule has 5 aromatic rings. The molecule has 0 radical (unpaired) electrons. The first kappa shape index (κ1) is 22.4. The van der Waals surface area contributed by atoms with Gasteiger partial charge in [-0.05, 0) is 48.7 Å². The summed E-state index contributed by atoms with van der Waals surface area (Å²) in [5.74, 6) is 0.989. The second-order valence-corrected chi connectivity index (χ2v) is 9.20. The third kappa shape index (κ3) is 4.36. The molecule has 4 N–H and O–H groups in total. The van der Waals surface area contributed by atoms with Gasteiger partial charge in [0.25, 0.3) is 0 Å². The number of aliphatic hydroxyl groups excluding tert-OH is 1. The van der Waals surface area contributed by atoms with Gasteiger partial charge >= 0.3 is 0 Å². The molecule has 3 aromatic heterocycles. The molecule has 10 heteroatoms. The van der Waals surface area contributed by atoms with Crippen LogP contribution in [0.15, 0.2) is 67.3 Å². The lowest BCUT2D eigenvalue weighted by Gasteiger charge is -2.30. The molecule has 0 amide bonds. The molecule has 9 nitrogen and oxygen atoms in total. The van der Waals surface area contributed by atoms with Gasteiger partial charge in [-0.2, -0.15) is 10.2 Å². The number of aliphatic hydroxyl groups is 1. The summed E-state index contributed by atoms with van der Waals surface area (Å²) in [6.45, 7) is 0.478. The Bertz CT molecular complexity index is 1530. The van der Waals surface area contributed by atoms with Crippen LogP contribution in [0.25, 0.3) is 16.4 Å². The number of nitrogens with zero attached hydrogens (tertiary/aromatic N) is 5. The largest absolute Gasteiger partial charge is 0.488 e. The van der Waals surface area contributed by atoms with Crippen LogP contribution in [-0.2, 0) is 6.54 Å². The Labute approximate surface area is 206 Å². The molecule has 0 unspecified atom stereocenters. The Morgan fingerprint density at radius 2 is 2.06 bits per heavy atom. The zero-order valence-electron chi connectivity index (χ0n) is 19.5. The quantitative estimate of drug-likeness (QED) is 0.335. The number of aromatic nitrogens is 5. The van der Waals surface area contributed by atoms with Crippen LogP contribution in [0, 0.1) is 5.82 Å². The summed E-state index contributed by atoms with van der Waals surface area (Å²) in [5.41, 5.74) is 9.27. The predicted molar refractivity (Wildman–Crippen MR) is 134 cm³/mol. The Morgan fingerprint density at radius 1 is 1.14 bits per heavy atom. The van der Waals surface area contributed by atoms with Crippen LogP contribution in [0.3, 0.4) is 0 Å². The van der Waals surface area contributed by atoms with E-state index in [9.17, 15) is 9.50 Å². The van der Waals surface area contributed by atoms with E-state index < -0.39 is 6.10 Å². The van der Waals surface area contributed by atoms with Gasteiger partial charge in [0.2, 0.25) is 0 Å². The molecule has 184 valence electrons. The van der Waals surface area contributed by atoms with Crippen LogP contribution < -0.4 is 15.8 Å². The van der Waals surface area contributed by atoms with Crippen LogP contribution in [-0.4, -0.2) is 47.7 Å². The van der Waals surface area contributed by atoms with Crippen molar-refractivity contribution in [2.45, 2.75) is 44.1 Å². The first-order chi connectivity index (χ1) is 17.5. The van der Waals surface area contributed by atoms with Gasteiger partial charge in [-0.1, -0.05) is 12.1 Å². The molecule has 1 saturated carbocycles. The summed E-state index contributed by atoms with van der Waals surface area (Å²) in [6, 6.07) is 14.1. The highest BCUT2D eigenvalue weighted by atomic mass is 19.1. The van der Waals surface area contributed by atoms with Crippen LogP contribution in [0.5, 0.6) is 5.75 Å². The standard InChI is InChI=1S/C26H26FN7O2/c27-18-3-1-2-16(10-18)14-34-22-7-4-19(11-17(22)13-30-34)32-26-25-24(8-9-33(25)31-15-29-26)36-20-5-6-21(28)23(35)12-20/h1-4,7-11,13,15,20-21,23,35H,5-6,12,14,28H2,(H,29,31,32)/t20-,21+,23+/m1/s1. The fourth-order valence-corrected chi connectivity index (χ4v) is 4.77. The van der Waals surface area contributed by atoms with Gasteiger partial charge in [-0.15, -0.1) is 0 Å². The molecule has 0 saturated heterocycles. The molecular weight excluding hydrogens is 461 g/mol. The number of halogens is 1. The molecule has 1 fully saturated rings. The van der Waals surface area contributed by atoms with Crippen molar-refractivity contribution in [3.05, 3.63) is 78.6 Å². The zero-order valence-corrected chi connectivity index (χ0v) is 19.5. The van der Waals surface area contributed by atoms with E-state index in [1.165, 1.54) is 18.5 Å². The van der Waals surface area contributed by atoms with Gasteiger partial charge in [0.05, 0.1) is 24.4 Å². The number of hydrogen-bond acceptors (Lipinski definition) is 7. The first-order valence-corrected chi connectivity index (χ1v) is 11.9. The summed E-state index contributed by atoms with van der Waals surface area (Å²) in [7, 11) is 0. The van der Waals surface area contributed by atoms with Gasteiger partial charge in [0.1, 0.15) is 23.8 Å². The lowest BCUT2D eigenvalue weighted by molar-refractivity contribution is 0.0399. The molecule has 0 aliphatic heterocycles. The average molecular weight is 488 g/mol. The lowest BCUT2D eigenvalue weighted by atomic mass is 9.91. The molecule has 36 heavy (non-hydrogen) atoms. The SMILES string of the molecule is N[C@H]1CC[C@@H](Oc2ccn3ncnc(Nc4ccc5c(cnn5Cc5cccc(F)c5)c4)c23)C[C@@H]1O. The van der Waals surface area contributed by atoms with E-state index in [-0.39, 0.29) is 18.0 Å². The molecule has 0 spiro atoms. The van der Waals surface area contributed by atoms with E-state index in [2.05, 4.69) is 20.5 Å². The summed E-state index contributed by atoms with van der Waals surface area (Å²) in [6.07, 6.45) is 6.39. The summed E-state index contributed by atoms with van der Waals surface area (Å²) >= 11 is 0. The Morgan fingerprint density at radius 3 is 2.92 bits per heavy atom. The van der Waals surface area contributed by atoms with Gasteiger partial charge < -0.3 is 20.9 Å². The van der Waals surface area contributed by atoms with Crippen LogP contribution >= 0.6 is 0 Å². The second kappa shape index (κ2) is 9.21. The number of benzene rings is 2. The van der Waals surface area contributed by atoms with Crippen LogP contribution in [0.1, 0.15) is 24.8 Å². The second-order valence-electron chi connectivity index (χ2n) is 9.20. The minimum Gasteiger partial charge on any atom is -0.488 e. The number of hydrogen-bond donors (Lipinski definition) is 3. The van der Waals surface area contributed by atoms with E-state index in [0.29, 0.717) is 36.5 Å². The molecule has 3 atom stereocenters. The molecule has 1 aliphatic rings. The van der Waals surface area contributed by atoms with E-state index in [4.69, 9.17) is 10.5 Å². The van der Waals surface area contributed by atoms with Gasteiger partial charge in [0, 0.05) is 35.8 Å². The summed E-state index contributed by atoms with van der Waals surface area (Å²) < 4.78 is 23.4. The van der Waals surface area contributed by atoms with Gasteiger partial charge in [0.15, 0.2) is 11.6 Å². The predicted octanol–water partition coefficient (Wildman–Crippen LogP) is 3.63. The summed E-state index contributed by atoms with van der Waals surface area (Å²) in [5, 5.41) is 23.3. The maximum absolute atomic E-state index is 13.6. The summed E-state index contributed by atoms with van der Waals surface area (Å²) in [4.78, 5) is 4.46. The van der Waals surface area contributed by atoms with E-state index >= 15 is 0 Å². The van der Waals surface area contributed by atoms with Crippen molar-refractivity contribution in [3.8, 4) is 5.75 Å². The van der Waals surface area contributed by atoms with Gasteiger partial charge in [-0.3, -0.25) is 4.68 Å². The van der Waals surface area contributed by atoms with Crippen molar-refractivity contribution in [2.24, 2.45) is 5.73 Å². The van der Waals surface area contributed by atoms with Crippen molar-refractivity contribution in [3.63, 3.8) is 0 Å². The third-order valence-electron chi connectivity index (χ3n) is 6.66. The maximum atomic E-state index is 13.6. The third-order valence-corrected chi connectivity index (χ3v) is 6.66. The highest BCUT2D eigenvalue weighted by Gasteiger charge is 2.28. The first-order valence-electron chi connectivity index (χ1n) is 11.9. The Hall–Kier alpha value is -4.02. The number of ether oxygens (including phenoxy) is 1. The molecule has 6 rings (SSSR count). The monoisotopic (exact) mass is 487 g/mol. The molecule has 1 aliphatic carbocycles. The fraction of sp³-hybridized carbons (Fsp3) is 0.269. The van der Waals surface area contributed by atoms with Crippen molar-refractivity contribution in [1.82, 2.24) is 24.4 Å². The van der Waals surface area contributed by atoms with Gasteiger partial charge in [-0.25, -0.2) is 13.9 Å². The van der Waals surface area contributed by atoms with E-state index in [1.807, 2.05) is 41.2 Å². The number of fused-ring (bicyclic) bond motifs is 2. The number of nitrogens with one attached hydrogen (secondary N) is 1. The average Bonchev–Trinajstić information content (AvgIpc) is 3.46. The normalized spacial score (nSPS) is 20.1. The molecule has 0 bridgehead atoms. The van der Waals surface area contributed by atoms with E-state index in [1.54, 1.807) is 16.8 Å². The van der Waals surface area contributed by atoms with Crippen LogP contribution in [0.4, 0.5) is 15.9 Å². The Kier molecular flexibility index (Phi) is 5.74. The zero-order chi connectivity index (χ0) is 24.6. The van der Waals surface area contributed by atoms with Crippen LogP contribution in [0.2, 0.25) is 0 Å². The fourth-order valence-electron chi connectivity index (χ4n) is 4.77. The van der Waals surface area contributed by atoms with Crippen molar-refractivity contribution < 1.29 is 14.2 Å². The van der Waals surface area contributed by atoms with Crippen molar-refractivity contribution >= 4 is 27.9 Å². The minimum atomic E-state index is -0.569. The maximum Gasteiger partial charge on any atom is 0.162 e. The lowest BCUT2D eigenvalue weighted by Crippen LogP contribution is -2.43. The Balaban J connectivity index is 1.25. The smallest absolute Gasteiger partial charge is 0.162 e. The van der Waals surface area contributed by atoms with Crippen molar-refractivity contribution in [1.29, 1.82) is 0 Å². The minimum absolute atomic E-state index is 0.126. The molecule has 2 aromatic carbocycles. The number of nitrogens with two attached hydrogens (primary N) is 1. The highest BCUT2D eigenvalue weighted by Crippen LogP contribution is 2.32. The highest BCUT2D eigenvalue weighted by molar-refractivity contribution is 5.86. The molecule has 3 heterocycles.